The lowest BCUT2D eigenvalue weighted by molar-refractivity contribution is 0.0600. The summed E-state index contributed by atoms with van der Waals surface area (Å²) < 4.78 is 4.75. The van der Waals surface area contributed by atoms with E-state index in [2.05, 4.69) is 0 Å². The largest absolute Gasteiger partial charge is 0.465 e. The van der Waals surface area contributed by atoms with Crippen molar-refractivity contribution in [2.75, 3.05) is 7.11 Å². The van der Waals surface area contributed by atoms with Gasteiger partial charge in [0.15, 0.2) is 0 Å². The highest BCUT2D eigenvalue weighted by atomic mass is 16.5. The molecule has 0 unspecified atom stereocenters. The minimum Gasteiger partial charge on any atom is -0.465 e. The van der Waals surface area contributed by atoms with Gasteiger partial charge in [-0.15, -0.1) is 0 Å². The van der Waals surface area contributed by atoms with E-state index in [-0.39, 0.29) is 0 Å². The molecular formula is C15H20N2O2. The quantitative estimate of drug-likeness (QED) is 0.648. The number of ether oxygens (including phenoxy) is 1. The van der Waals surface area contributed by atoms with Crippen LogP contribution in [-0.2, 0) is 4.74 Å². The summed E-state index contributed by atoms with van der Waals surface area (Å²) in [6.45, 7) is 7.32. The van der Waals surface area contributed by atoms with Gasteiger partial charge < -0.3 is 10.5 Å². The predicted octanol–water partition coefficient (Wildman–Crippen LogP) is 2.71. The van der Waals surface area contributed by atoms with Crippen LogP contribution in [-0.4, -0.2) is 18.8 Å². The fourth-order valence-corrected chi connectivity index (χ4v) is 1.85. The summed E-state index contributed by atoms with van der Waals surface area (Å²) in [6.07, 6.45) is 0. The van der Waals surface area contributed by atoms with Crippen LogP contribution in [0.25, 0.3) is 0 Å². The molecule has 102 valence electrons. The second-order valence-electron chi connectivity index (χ2n) is 4.66. The zero-order valence-corrected chi connectivity index (χ0v) is 12.0. The average Bonchev–Trinajstić information content (AvgIpc) is 2.36. The van der Waals surface area contributed by atoms with Crippen molar-refractivity contribution in [1.29, 1.82) is 5.41 Å². The molecule has 4 heteroatoms. The van der Waals surface area contributed by atoms with E-state index >= 15 is 0 Å². The fraction of sp³-hybridized carbons (Fsp3) is 0.333. The van der Waals surface area contributed by atoms with Crippen molar-refractivity contribution in [3.8, 4) is 0 Å². The molecule has 0 aliphatic rings. The highest BCUT2D eigenvalue weighted by Gasteiger charge is 2.15. The zero-order valence-electron chi connectivity index (χ0n) is 12.0. The van der Waals surface area contributed by atoms with Gasteiger partial charge in [-0.2, -0.15) is 0 Å². The number of aryl methyl sites for hydroxylation is 2. The van der Waals surface area contributed by atoms with E-state index in [4.69, 9.17) is 15.9 Å². The molecule has 0 atom stereocenters. The van der Waals surface area contributed by atoms with Gasteiger partial charge in [-0.1, -0.05) is 6.07 Å². The first-order chi connectivity index (χ1) is 8.79. The van der Waals surface area contributed by atoms with Gasteiger partial charge in [0, 0.05) is 11.3 Å². The molecule has 0 aromatic heterocycles. The highest BCUT2D eigenvalue weighted by molar-refractivity contribution is 6.12. The van der Waals surface area contributed by atoms with Crippen molar-refractivity contribution < 1.29 is 9.53 Å². The monoisotopic (exact) mass is 260 g/mol. The van der Waals surface area contributed by atoms with Crippen molar-refractivity contribution in [3.05, 3.63) is 45.7 Å². The number of carbonyl (C=O) groups is 1. The van der Waals surface area contributed by atoms with Crippen LogP contribution in [0.1, 0.15) is 40.9 Å². The summed E-state index contributed by atoms with van der Waals surface area (Å²) in [7, 11) is 1.35. The molecule has 1 rings (SSSR count). The topological polar surface area (TPSA) is 76.2 Å². The lowest BCUT2D eigenvalue weighted by Gasteiger charge is -2.13. The minimum atomic E-state index is -0.391. The van der Waals surface area contributed by atoms with E-state index < -0.39 is 5.97 Å². The summed E-state index contributed by atoms with van der Waals surface area (Å²) in [5.74, 6) is -0.391. The van der Waals surface area contributed by atoms with Crippen molar-refractivity contribution in [1.82, 2.24) is 0 Å². The standard InChI is InChI=1S/C15H20N2O2/c1-8-6-9(2)13(15(18)19-5)7-12(8)14(17)10(3)11(4)16/h6-7,17H,16H2,1-5H3. The Morgan fingerprint density at radius 3 is 2.16 bits per heavy atom. The molecule has 1 aromatic rings. The number of allylic oxidation sites excluding steroid dienone is 2. The van der Waals surface area contributed by atoms with Gasteiger partial charge in [-0.25, -0.2) is 4.79 Å². The van der Waals surface area contributed by atoms with Crippen LogP contribution in [0.2, 0.25) is 0 Å². The number of hydrogen-bond donors (Lipinski definition) is 2. The molecule has 0 aliphatic carbocycles. The second kappa shape index (κ2) is 5.69. The molecule has 0 saturated heterocycles. The number of esters is 1. The molecule has 0 aliphatic heterocycles. The molecule has 0 heterocycles. The number of nitrogens with two attached hydrogens (primary N) is 1. The van der Waals surface area contributed by atoms with Crippen molar-refractivity contribution in [2.24, 2.45) is 5.73 Å². The van der Waals surface area contributed by atoms with Crippen molar-refractivity contribution in [3.63, 3.8) is 0 Å². The first-order valence-electron chi connectivity index (χ1n) is 6.01. The van der Waals surface area contributed by atoms with Crippen molar-refractivity contribution in [2.45, 2.75) is 27.7 Å². The Balaban J connectivity index is 3.42. The van der Waals surface area contributed by atoms with Crippen LogP contribution in [0.4, 0.5) is 0 Å². The van der Waals surface area contributed by atoms with Crippen LogP contribution in [0, 0.1) is 19.3 Å². The minimum absolute atomic E-state index is 0.336. The third-order valence-corrected chi connectivity index (χ3v) is 3.21. The number of nitrogens with one attached hydrogen (secondary N) is 1. The second-order valence-corrected chi connectivity index (χ2v) is 4.66. The predicted molar refractivity (Wildman–Crippen MR) is 76.6 cm³/mol. The summed E-state index contributed by atoms with van der Waals surface area (Å²) in [5, 5.41) is 8.18. The Morgan fingerprint density at radius 1 is 1.16 bits per heavy atom. The Kier molecular flexibility index (Phi) is 4.48. The van der Waals surface area contributed by atoms with E-state index in [1.807, 2.05) is 19.9 Å². The van der Waals surface area contributed by atoms with Gasteiger partial charge >= 0.3 is 5.97 Å². The molecule has 19 heavy (non-hydrogen) atoms. The number of methoxy groups -OCH3 is 1. The molecule has 0 amide bonds. The summed E-state index contributed by atoms with van der Waals surface area (Å²) in [6, 6.07) is 3.58. The number of rotatable bonds is 3. The van der Waals surface area contributed by atoms with Crippen LogP contribution in [0.5, 0.6) is 0 Å². The molecule has 0 bridgehead atoms. The zero-order chi connectivity index (χ0) is 14.7. The average molecular weight is 260 g/mol. The summed E-state index contributed by atoms with van der Waals surface area (Å²) >= 11 is 0. The Hall–Kier alpha value is -2.10. The van der Waals surface area contributed by atoms with Crippen LogP contribution in [0.15, 0.2) is 23.4 Å². The normalized spacial score (nSPS) is 11.8. The molecule has 1 aromatic carbocycles. The Morgan fingerprint density at radius 2 is 1.68 bits per heavy atom. The van der Waals surface area contributed by atoms with E-state index in [0.29, 0.717) is 28.1 Å². The van der Waals surface area contributed by atoms with E-state index in [9.17, 15) is 4.79 Å². The van der Waals surface area contributed by atoms with Gasteiger partial charge in [0.2, 0.25) is 0 Å². The number of benzene rings is 1. The van der Waals surface area contributed by atoms with Gasteiger partial charge in [0.1, 0.15) is 0 Å². The third kappa shape index (κ3) is 3.02. The third-order valence-electron chi connectivity index (χ3n) is 3.21. The number of carbonyl (C=O) groups excluding carboxylic acids is 1. The highest BCUT2D eigenvalue weighted by Crippen LogP contribution is 2.20. The smallest absolute Gasteiger partial charge is 0.338 e. The molecule has 0 saturated carbocycles. The van der Waals surface area contributed by atoms with E-state index in [0.717, 1.165) is 11.1 Å². The molecule has 0 spiro atoms. The lowest BCUT2D eigenvalue weighted by Crippen LogP contribution is -2.12. The SMILES string of the molecule is COC(=O)c1cc(C(=N)C(C)=C(C)N)c(C)cc1C. The Labute approximate surface area is 113 Å². The molecule has 0 fully saturated rings. The Bertz CT molecular complexity index is 568. The maximum Gasteiger partial charge on any atom is 0.338 e. The van der Waals surface area contributed by atoms with E-state index in [1.54, 1.807) is 19.9 Å². The van der Waals surface area contributed by atoms with Gasteiger partial charge in [-0.05, 0) is 50.5 Å². The first kappa shape index (κ1) is 15.0. The van der Waals surface area contributed by atoms with Gasteiger partial charge in [0.25, 0.3) is 0 Å². The van der Waals surface area contributed by atoms with Crippen LogP contribution >= 0.6 is 0 Å². The van der Waals surface area contributed by atoms with E-state index in [1.165, 1.54) is 7.11 Å². The van der Waals surface area contributed by atoms with Gasteiger partial charge in [0.05, 0.1) is 18.4 Å². The fourth-order valence-electron chi connectivity index (χ4n) is 1.85. The van der Waals surface area contributed by atoms with Crippen LogP contribution in [0.3, 0.4) is 0 Å². The molecule has 4 nitrogen and oxygen atoms in total. The maximum atomic E-state index is 11.7. The molecule has 0 radical (unpaired) electrons. The maximum absolute atomic E-state index is 11.7. The number of hydrogen-bond acceptors (Lipinski definition) is 4. The molecule has 3 N–H and O–H groups in total. The van der Waals surface area contributed by atoms with Crippen molar-refractivity contribution >= 4 is 11.7 Å². The molecular weight excluding hydrogens is 240 g/mol. The summed E-state index contributed by atoms with van der Waals surface area (Å²) in [4.78, 5) is 11.7. The van der Waals surface area contributed by atoms with Crippen LogP contribution < -0.4 is 5.73 Å². The summed E-state index contributed by atoms with van der Waals surface area (Å²) in [5.41, 5.74) is 10.3. The lowest BCUT2D eigenvalue weighted by atomic mass is 9.93. The van der Waals surface area contributed by atoms with Gasteiger partial charge in [-0.3, -0.25) is 5.41 Å². The first-order valence-corrected chi connectivity index (χ1v) is 6.01.